The molecule has 0 saturated carbocycles. The predicted octanol–water partition coefficient (Wildman–Crippen LogP) is 2.15. The van der Waals surface area contributed by atoms with Crippen molar-refractivity contribution in [2.75, 3.05) is 39.3 Å². The summed E-state index contributed by atoms with van der Waals surface area (Å²) in [5.41, 5.74) is 5.35. The maximum atomic E-state index is 7.18. The molecular formula is C14H32N4. The summed E-state index contributed by atoms with van der Waals surface area (Å²) in [6.07, 6.45) is 4.19. The minimum atomic E-state index is 0.319. The van der Waals surface area contributed by atoms with Gasteiger partial charge in [-0.05, 0) is 58.5 Å². The van der Waals surface area contributed by atoms with Gasteiger partial charge in [0.25, 0.3) is 0 Å². The second-order valence-corrected chi connectivity index (χ2v) is 4.80. The van der Waals surface area contributed by atoms with E-state index in [1.807, 2.05) is 0 Å². The van der Waals surface area contributed by atoms with Crippen LogP contribution in [0.25, 0.3) is 0 Å². The lowest BCUT2D eigenvalue weighted by Gasteiger charge is -2.23. The van der Waals surface area contributed by atoms with E-state index >= 15 is 0 Å². The summed E-state index contributed by atoms with van der Waals surface area (Å²) in [7, 11) is 0. The van der Waals surface area contributed by atoms with Crippen LogP contribution >= 0.6 is 0 Å². The van der Waals surface area contributed by atoms with E-state index in [0.717, 1.165) is 45.4 Å². The normalized spacial score (nSPS) is 11.4. The first-order valence-corrected chi connectivity index (χ1v) is 7.41. The fourth-order valence-electron chi connectivity index (χ4n) is 2.14. The Kier molecular flexibility index (Phi) is 11.1. The third kappa shape index (κ3) is 9.42. The zero-order valence-corrected chi connectivity index (χ0v) is 12.5. The van der Waals surface area contributed by atoms with E-state index in [-0.39, 0.29) is 0 Å². The molecule has 3 N–H and O–H groups in total. The van der Waals surface area contributed by atoms with E-state index in [1.54, 1.807) is 0 Å². The van der Waals surface area contributed by atoms with Crippen molar-refractivity contribution in [3.05, 3.63) is 0 Å². The van der Waals surface area contributed by atoms with Gasteiger partial charge in [-0.3, -0.25) is 5.41 Å². The number of hydrogen-bond acceptors (Lipinski definition) is 3. The second kappa shape index (κ2) is 11.5. The molecule has 4 nitrogen and oxygen atoms in total. The largest absolute Gasteiger partial charge is 0.388 e. The Morgan fingerprint density at radius 2 is 1.33 bits per heavy atom. The van der Waals surface area contributed by atoms with Crippen LogP contribution < -0.4 is 5.73 Å². The third-order valence-corrected chi connectivity index (χ3v) is 3.46. The summed E-state index contributed by atoms with van der Waals surface area (Å²) in [5, 5.41) is 7.18. The molecule has 0 aliphatic heterocycles. The Balaban J connectivity index is 3.60. The Morgan fingerprint density at radius 3 is 1.83 bits per heavy atom. The molecule has 0 rings (SSSR count). The van der Waals surface area contributed by atoms with Crippen LogP contribution in [-0.4, -0.2) is 54.9 Å². The summed E-state index contributed by atoms with van der Waals surface area (Å²) < 4.78 is 0. The van der Waals surface area contributed by atoms with Crippen LogP contribution in [0.3, 0.4) is 0 Å². The molecule has 0 aromatic heterocycles. The average Bonchev–Trinajstić information content (AvgIpc) is 2.36. The number of nitrogens with zero attached hydrogens (tertiary/aromatic N) is 2. The van der Waals surface area contributed by atoms with Gasteiger partial charge in [-0.25, -0.2) is 0 Å². The lowest BCUT2D eigenvalue weighted by Crippen LogP contribution is -2.30. The highest BCUT2D eigenvalue weighted by Crippen LogP contribution is 2.00. The monoisotopic (exact) mass is 256 g/mol. The van der Waals surface area contributed by atoms with Gasteiger partial charge in [-0.2, -0.15) is 0 Å². The number of rotatable bonds is 12. The molecule has 0 amide bonds. The van der Waals surface area contributed by atoms with Crippen LogP contribution in [0.4, 0.5) is 0 Å². The first kappa shape index (κ1) is 17.4. The molecule has 0 aromatic carbocycles. The van der Waals surface area contributed by atoms with Crippen molar-refractivity contribution in [3.63, 3.8) is 0 Å². The Bertz CT molecular complexity index is 202. The minimum Gasteiger partial charge on any atom is -0.388 e. The number of unbranched alkanes of at least 4 members (excludes halogenated alkanes) is 1. The highest BCUT2D eigenvalue weighted by molar-refractivity contribution is 5.76. The van der Waals surface area contributed by atoms with Crippen molar-refractivity contribution >= 4 is 5.84 Å². The summed E-state index contributed by atoms with van der Waals surface area (Å²) in [5.74, 6) is 0.319. The van der Waals surface area contributed by atoms with Crippen LogP contribution in [0, 0.1) is 5.41 Å². The van der Waals surface area contributed by atoms with Gasteiger partial charge in [-0.1, -0.05) is 20.8 Å². The molecule has 18 heavy (non-hydrogen) atoms. The van der Waals surface area contributed by atoms with Gasteiger partial charge in [-0.15, -0.1) is 0 Å². The van der Waals surface area contributed by atoms with E-state index in [1.165, 1.54) is 19.5 Å². The smallest absolute Gasteiger partial charge is 0.0905 e. The van der Waals surface area contributed by atoms with Crippen molar-refractivity contribution in [2.45, 2.75) is 46.5 Å². The van der Waals surface area contributed by atoms with Crippen LogP contribution in [0.5, 0.6) is 0 Å². The second-order valence-electron chi connectivity index (χ2n) is 4.80. The topological polar surface area (TPSA) is 56.4 Å². The molecule has 0 aliphatic rings. The van der Waals surface area contributed by atoms with E-state index < -0.39 is 0 Å². The Morgan fingerprint density at radius 1 is 0.833 bits per heavy atom. The van der Waals surface area contributed by atoms with Crippen LogP contribution in [0.15, 0.2) is 0 Å². The molecule has 0 spiro atoms. The van der Waals surface area contributed by atoms with Crippen LogP contribution in [0.1, 0.15) is 46.5 Å². The van der Waals surface area contributed by atoms with E-state index in [4.69, 9.17) is 11.1 Å². The van der Waals surface area contributed by atoms with Crippen molar-refractivity contribution < 1.29 is 0 Å². The first-order valence-electron chi connectivity index (χ1n) is 7.41. The molecule has 0 unspecified atom stereocenters. The number of nitrogens with two attached hydrogens (primary N) is 1. The van der Waals surface area contributed by atoms with Crippen molar-refractivity contribution in [3.8, 4) is 0 Å². The van der Waals surface area contributed by atoms with E-state index in [9.17, 15) is 0 Å². The molecule has 108 valence electrons. The summed E-state index contributed by atoms with van der Waals surface area (Å²) >= 11 is 0. The van der Waals surface area contributed by atoms with Gasteiger partial charge in [0.2, 0.25) is 0 Å². The van der Waals surface area contributed by atoms with Crippen LogP contribution in [-0.2, 0) is 0 Å². The Labute approximate surface area is 113 Å². The standard InChI is InChI=1S/C14H32N4/c1-4-17(5-2)12-9-13-18(6-3)11-8-7-10-14(15)16/h4-13H2,1-3H3,(H3,15,16). The molecule has 0 aliphatic carbocycles. The highest BCUT2D eigenvalue weighted by atomic mass is 15.1. The van der Waals surface area contributed by atoms with Gasteiger partial charge >= 0.3 is 0 Å². The van der Waals surface area contributed by atoms with E-state index in [0.29, 0.717) is 5.84 Å². The lowest BCUT2D eigenvalue weighted by molar-refractivity contribution is 0.241. The summed E-state index contributed by atoms with van der Waals surface area (Å²) in [4.78, 5) is 4.98. The number of nitrogens with one attached hydrogen (secondary N) is 1. The van der Waals surface area contributed by atoms with Crippen molar-refractivity contribution in [1.82, 2.24) is 9.80 Å². The van der Waals surface area contributed by atoms with Gasteiger partial charge < -0.3 is 15.5 Å². The summed E-state index contributed by atoms with van der Waals surface area (Å²) in [6, 6.07) is 0. The molecule has 0 aromatic rings. The summed E-state index contributed by atoms with van der Waals surface area (Å²) in [6.45, 7) is 13.6. The molecule has 0 heterocycles. The molecule has 4 heteroatoms. The Hall–Kier alpha value is -0.610. The van der Waals surface area contributed by atoms with Gasteiger partial charge in [0, 0.05) is 6.42 Å². The molecule has 0 saturated heterocycles. The SMILES string of the molecule is CCN(CC)CCCN(CC)CCCCC(=N)N. The van der Waals surface area contributed by atoms with Crippen molar-refractivity contribution in [1.29, 1.82) is 5.41 Å². The fourth-order valence-corrected chi connectivity index (χ4v) is 2.14. The molecule has 0 fully saturated rings. The molecular weight excluding hydrogens is 224 g/mol. The average molecular weight is 256 g/mol. The van der Waals surface area contributed by atoms with E-state index in [2.05, 4.69) is 30.6 Å². The predicted molar refractivity (Wildman–Crippen MR) is 80.3 cm³/mol. The maximum absolute atomic E-state index is 7.18. The fraction of sp³-hybridized carbons (Fsp3) is 0.929. The van der Waals surface area contributed by atoms with Crippen LogP contribution in [0.2, 0.25) is 0 Å². The minimum absolute atomic E-state index is 0.319. The van der Waals surface area contributed by atoms with Gasteiger partial charge in [0.15, 0.2) is 0 Å². The highest BCUT2D eigenvalue weighted by Gasteiger charge is 2.04. The molecule has 0 bridgehead atoms. The third-order valence-electron chi connectivity index (χ3n) is 3.46. The van der Waals surface area contributed by atoms with Gasteiger partial charge in [0.1, 0.15) is 0 Å². The lowest BCUT2D eigenvalue weighted by atomic mass is 10.2. The number of amidine groups is 1. The first-order chi connectivity index (χ1) is 8.63. The molecule has 0 atom stereocenters. The maximum Gasteiger partial charge on any atom is 0.0905 e. The quantitative estimate of drug-likeness (QED) is 0.319. The zero-order valence-electron chi connectivity index (χ0n) is 12.5. The van der Waals surface area contributed by atoms with Gasteiger partial charge in [0.05, 0.1) is 5.84 Å². The number of hydrogen-bond donors (Lipinski definition) is 2. The molecule has 0 radical (unpaired) electrons. The zero-order chi connectivity index (χ0) is 13.8. The van der Waals surface area contributed by atoms with Crippen molar-refractivity contribution in [2.24, 2.45) is 5.73 Å².